The number of methoxy groups -OCH3 is 1. The largest absolute Gasteiger partial charge is 0.496 e. The lowest BCUT2D eigenvalue weighted by atomic mass is 9.93. The molecule has 1 aliphatic carbocycles. The van der Waals surface area contributed by atoms with Gasteiger partial charge in [-0.1, -0.05) is 61.2 Å². The van der Waals surface area contributed by atoms with Gasteiger partial charge in [-0.15, -0.1) is 11.3 Å². The van der Waals surface area contributed by atoms with Gasteiger partial charge in [-0.2, -0.15) is 0 Å². The van der Waals surface area contributed by atoms with Gasteiger partial charge >= 0.3 is 0 Å². The monoisotopic (exact) mass is 598 g/mol. The molecular weight excluding hydrogens is 566 g/mol. The van der Waals surface area contributed by atoms with E-state index in [2.05, 4.69) is 5.73 Å². The molecule has 5 nitrogen and oxygen atoms in total. The van der Waals surface area contributed by atoms with Crippen molar-refractivity contribution in [2.75, 3.05) is 14.2 Å². The standard InChI is InChI=1S/C31H28ClF2NO3S.CH5N/c1-18(36)19-8-10-20(11-9-19)21-12-15-26(38-2)22(16-21)17-35(23-6-4-3-5-7-23)31(37)30-28(32)27-24(33)13-14-25(34)29(27)39-30;1-2/h8-16,23H,3-7,17H2,1-2H3;2H2,1H3. The molecular formula is C32H33ClF2N2O3S. The molecule has 41 heavy (non-hydrogen) atoms. The predicted octanol–water partition coefficient (Wildman–Crippen LogP) is 8.26. The van der Waals surface area contributed by atoms with Crippen LogP contribution in [0.15, 0.2) is 54.6 Å². The van der Waals surface area contributed by atoms with Crippen molar-refractivity contribution in [1.82, 2.24) is 4.90 Å². The summed E-state index contributed by atoms with van der Waals surface area (Å²) in [4.78, 5) is 27.7. The average Bonchev–Trinajstić information content (AvgIpc) is 3.37. The molecule has 9 heteroatoms. The summed E-state index contributed by atoms with van der Waals surface area (Å²) in [5.41, 5.74) is 7.78. The molecule has 1 saturated carbocycles. The Balaban J connectivity index is 0.00000189. The molecule has 5 rings (SSSR count). The van der Waals surface area contributed by atoms with Gasteiger partial charge in [0.1, 0.15) is 22.3 Å². The number of nitrogens with zero attached hydrogens (tertiary/aromatic N) is 1. The van der Waals surface area contributed by atoms with Crippen LogP contribution in [-0.4, -0.2) is 36.8 Å². The average molecular weight is 599 g/mol. The summed E-state index contributed by atoms with van der Waals surface area (Å²) in [7, 11) is 3.08. The lowest BCUT2D eigenvalue weighted by Gasteiger charge is -2.34. The maximum atomic E-state index is 14.6. The number of halogens is 3. The Kier molecular flexibility index (Phi) is 10.1. The number of rotatable bonds is 7. The number of carbonyl (C=O) groups excluding carboxylic acids is 2. The van der Waals surface area contributed by atoms with E-state index in [-0.39, 0.29) is 44.3 Å². The van der Waals surface area contributed by atoms with Gasteiger partial charge in [0.2, 0.25) is 0 Å². The summed E-state index contributed by atoms with van der Waals surface area (Å²) >= 11 is 7.41. The molecule has 1 aromatic heterocycles. The van der Waals surface area contributed by atoms with Gasteiger partial charge in [0.05, 0.1) is 22.2 Å². The predicted molar refractivity (Wildman–Crippen MR) is 162 cm³/mol. The van der Waals surface area contributed by atoms with Crippen LogP contribution in [0.2, 0.25) is 5.02 Å². The minimum atomic E-state index is -0.652. The van der Waals surface area contributed by atoms with Crippen molar-refractivity contribution in [3.05, 3.63) is 87.3 Å². The smallest absolute Gasteiger partial charge is 0.266 e. The highest BCUT2D eigenvalue weighted by molar-refractivity contribution is 7.21. The van der Waals surface area contributed by atoms with E-state index < -0.39 is 11.6 Å². The van der Waals surface area contributed by atoms with Crippen molar-refractivity contribution in [3.63, 3.8) is 0 Å². The first kappa shape index (κ1) is 30.6. The lowest BCUT2D eigenvalue weighted by molar-refractivity contribution is 0.0617. The number of nitrogens with two attached hydrogens (primary N) is 1. The maximum absolute atomic E-state index is 14.6. The van der Waals surface area contributed by atoms with Crippen molar-refractivity contribution >= 4 is 44.7 Å². The van der Waals surface area contributed by atoms with Crippen LogP contribution in [0.4, 0.5) is 8.78 Å². The van der Waals surface area contributed by atoms with E-state index in [1.807, 2.05) is 30.3 Å². The van der Waals surface area contributed by atoms with Gasteiger partial charge in [0, 0.05) is 23.7 Å². The molecule has 0 saturated heterocycles. The molecule has 0 atom stereocenters. The summed E-state index contributed by atoms with van der Waals surface area (Å²) in [6.45, 7) is 1.78. The SMILES string of the molecule is CN.COc1ccc(-c2ccc(C(C)=O)cc2)cc1CN(C(=O)c1sc2c(F)ccc(F)c2c1Cl)C1CCCCC1. The normalized spacial score (nSPS) is 13.4. The van der Waals surface area contributed by atoms with Gasteiger partial charge in [-0.3, -0.25) is 9.59 Å². The lowest BCUT2D eigenvalue weighted by Crippen LogP contribution is -2.40. The van der Waals surface area contributed by atoms with Gasteiger partial charge < -0.3 is 15.4 Å². The van der Waals surface area contributed by atoms with Crippen LogP contribution >= 0.6 is 22.9 Å². The Bertz CT molecular complexity index is 1550. The summed E-state index contributed by atoms with van der Waals surface area (Å²) in [6.07, 6.45) is 4.78. The number of amides is 1. The van der Waals surface area contributed by atoms with Gasteiger partial charge in [0.15, 0.2) is 5.78 Å². The molecule has 0 radical (unpaired) electrons. The first-order valence-corrected chi connectivity index (χ1v) is 14.7. The van der Waals surface area contributed by atoms with Crippen LogP contribution in [0.5, 0.6) is 5.75 Å². The third kappa shape index (κ3) is 6.45. The molecule has 0 unspecified atom stereocenters. The number of Topliss-reactive ketones (excluding diaryl/α,β-unsaturated/α-hetero) is 1. The highest BCUT2D eigenvalue weighted by atomic mass is 35.5. The Morgan fingerprint density at radius 1 is 0.976 bits per heavy atom. The molecule has 1 fully saturated rings. The Morgan fingerprint density at radius 2 is 1.61 bits per heavy atom. The van der Waals surface area contributed by atoms with E-state index in [0.717, 1.165) is 72.3 Å². The number of ether oxygens (including phenoxy) is 1. The number of fused-ring (bicyclic) bond motifs is 1. The second-order valence-corrected chi connectivity index (χ2v) is 11.3. The summed E-state index contributed by atoms with van der Waals surface area (Å²) < 4.78 is 34.8. The fraction of sp³-hybridized carbons (Fsp3) is 0.312. The van der Waals surface area contributed by atoms with Crippen molar-refractivity contribution in [2.24, 2.45) is 5.73 Å². The Hall–Kier alpha value is -3.33. The molecule has 3 aromatic carbocycles. The minimum absolute atomic E-state index is 0.00160. The highest BCUT2D eigenvalue weighted by Crippen LogP contribution is 2.40. The number of hydrogen-bond acceptors (Lipinski definition) is 5. The van der Waals surface area contributed by atoms with Gasteiger partial charge in [0.25, 0.3) is 5.91 Å². The van der Waals surface area contributed by atoms with E-state index >= 15 is 0 Å². The topological polar surface area (TPSA) is 72.6 Å². The van der Waals surface area contributed by atoms with E-state index in [4.69, 9.17) is 16.3 Å². The molecule has 1 amide bonds. The summed E-state index contributed by atoms with van der Waals surface area (Å²) in [6, 6.07) is 15.2. The fourth-order valence-corrected chi connectivity index (χ4v) is 6.79. The first-order valence-electron chi connectivity index (χ1n) is 13.5. The quantitative estimate of drug-likeness (QED) is 0.217. The Morgan fingerprint density at radius 3 is 2.22 bits per heavy atom. The van der Waals surface area contributed by atoms with Crippen molar-refractivity contribution in [1.29, 1.82) is 0 Å². The molecule has 0 bridgehead atoms. The molecule has 1 heterocycles. The van der Waals surface area contributed by atoms with Crippen LogP contribution < -0.4 is 10.5 Å². The van der Waals surface area contributed by atoms with E-state index in [1.165, 1.54) is 14.0 Å². The van der Waals surface area contributed by atoms with Crippen molar-refractivity contribution < 1.29 is 23.1 Å². The zero-order valence-electron chi connectivity index (χ0n) is 23.3. The van der Waals surface area contributed by atoms with Crippen LogP contribution in [0.25, 0.3) is 21.2 Å². The summed E-state index contributed by atoms with van der Waals surface area (Å²) in [5.74, 6) is -0.969. The minimum Gasteiger partial charge on any atom is -0.496 e. The van der Waals surface area contributed by atoms with E-state index in [0.29, 0.717) is 11.3 Å². The van der Waals surface area contributed by atoms with Crippen molar-refractivity contribution in [3.8, 4) is 16.9 Å². The number of hydrogen-bond donors (Lipinski definition) is 1. The molecule has 2 N–H and O–H groups in total. The molecule has 4 aromatic rings. The van der Waals surface area contributed by atoms with Crippen LogP contribution in [0.3, 0.4) is 0 Å². The molecule has 1 aliphatic rings. The van der Waals surface area contributed by atoms with Gasteiger partial charge in [-0.05, 0) is 62.2 Å². The number of benzene rings is 3. The third-order valence-electron chi connectivity index (χ3n) is 7.40. The highest BCUT2D eigenvalue weighted by Gasteiger charge is 2.31. The van der Waals surface area contributed by atoms with Crippen LogP contribution in [0, 0.1) is 11.6 Å². The molecule has 0 spiro atoms. The zero-order chi connectivity index (χ0) is 29.7. The number of ketones is 1. The number of thiophene rings is 1. The first-order chi connectivity index (χ1) is 19.8. The van der Waals surface area contributed by atoms with E-state index in [1.54, 1.807) is 24.1 Å². The zero-order valence-corrected chi connectivity index (χ0v) is 24.9. The third-order valence-corrected chi connectivity index (χ3v) is 9.07. The van der Waals surface area contributed by atoms with Crippen LogP contribution in [0.1, 0.15) is 64.6 Å². The second-order valence-electron chi connectivity index (χ2n) is 9.86. The Labute approximate surface area is 247 Å². The van der Waals surface area contributed by atoms with Gasteiger partial charge in [-0.25, -0.2) is 8.78 Å². The summed E-state index contributed by atoms with van der Waals surface area (Å²) in [5, 5.41) is -0.105. The maximum Gasteiger partial charge on any atom is 0.266 e. The van der Waals surface area contributed by atoms with Crippen molar-refractivity contribution in [2.45, 2.75) is 51.6 Å². The second kappa shape index (κ2) is 13.6. The molecule has 216 valence electrons. The molecule has 0 aliphatic heterocycles. The van der Waals surface area contributed by atoms with E-state index in [9.17, 15) is 18.4 Å². The van der Waals surface area contributed by atoms with Crippen LogP contribution in [-0.2, 0) is 6.54 Å². The fourth-order valence-electron chi connectivity index (χ4n) is 5.29. The number of carbonyl (C=O) groups is 2.